The number of sulfonamides is 1. The second-order valence-electron chi connectivity index (χ2n) is 3.37. The first-order valence-corrected chi connectivity index (χ1v) is 5.79. The molecule has 1 aromatic rings. The molecule has 0 aromatic carbocycles. The van der Waals surface area contributed by atoms with Crippen LogP contribution in [0.1, 0.15) is 13.8 Å². The Kier molecular flexibility index (Phi) is 3.60. The summed E-state index contributed by atoms with van der Waals surface area (Å²) >= 11 is 0. The van der Waals surface area contributed by atoms with Crippen LogP contribution in [-0.4, -0.2) is 30.1 Å². The normalized spacial score (nSPS) is 11.9. The number of H-pyrrole nitrogens is 1. The molecule has 0 aliphatic heterocycles. The van der Waals surface area contributed by atoms with Gasteiger partial charge in [-0.05, 0) is 10.8 Å². The van der Waals surface area contributed by atoms with Gasteiger partial charge in [0.2, 0.25) is 0 Å². The largest absolute Gasteiger partial charge is 0.362 e. The molecule has 0 fully saturated rings. The second-order valence-corrected chi connectivity index (χ2v) is 5.11. The topological polar surface area (TPSA) is 118 Å². The van der Waals surface area contributed by atoms with Crippen molar-refractivity contribution < 1.29 is 13.3 Å². The zero-order valence-electron chi connectivity index (χ0n) is 8.72. The molecule has 9 heteroatoms. The molecule has 0 saturated heterocycles. The number of hydrogen-bond donors (Lipinski definition) is 2. The van der Waals surface area contributed by atoms with Crippen molar-refractivity contribution in [3.63, 3.8) is 0 Å². The molecule has 1 rings (SSSR count). The van der Waals surface area contributed by atoms with Crippen LogP contribution in [0.15, 0.2) is 11.1 Å². The lowest BCUT2D eigenvalue weighted by Gasteiger charge is -2.06. The number of nitrogens with zero attached hydrogens (tertiary/aromatic N) is 2. The maximum Gasteiger partial charge on any atom is 0.362 e. The Morgan fingerprint density at radius 1 is 1.62 bits per heavy atom. The number of hydrogen-bond acceptors (Lipinski definition) is 5. The SMILES string of the molecule is C[C](C)CNS(=O)(=O)c1cn[nH]c1[N+](=O)[O-]. The summed E-state index contributed by atoms with van der Waals surface area (Å²) in [5, 5.41) is 15.9. The minimum Gasteiger partial charge on any atom is -0.358 e. The molecule has 1 aromatic heterocycles. The summed E-state index contributed by atoms with van der Waals surface area (Å²) in [5.74, 6) is 0.205. The van der Waals surface area contributed by atoms with E-state index in [9.17, 15) is 18.5 Å². The van der Waals surface area contributed by atoms with Crippen molar-refractivity contribution in [3.8, 4) is 0 Å². The van der Waals surface area contributed by atoms with Crippen molar-refractivity contribution in [2.45, 2.75) is 18.7 Å². The average Bonchev–Trinajstić information content (AvgIpc) is 2.63. The summed E-state index contributed by atoms with van der Waals surface area (Å²) in [4.78, 5) is 9.22. The van der Waals surface area contributed by atoms with Gasteiger partial charge in [0.25, 0.3) is 10.0 Å². The molecule has 0 aliphatic rings. The van der Waals surface area contributed by atoms with E-state index in [2.05, 4.69) is 9.82 Å². The van der Waals surface area contributed by atoms with Gasteiger partial charge in [0.1, 0.15) is 0 Å². The van der Waals surface area contributed by atoms with Crippen molar-refractivity contribution in [1.82, 2.24) is 14.9 Å². The van der Waals surface area contributed by atoms with Gasteiger partial charge in [0.05, 0.1) is 6.20 Å². The molecule has 0 atom stereocenters. The average molecular weight is 247 g/mol. The van der Waals surface area contributed by atoms with E-state index in [1.165, 1.54) is 0 Å². The van der Waals surface area contributed by atoms with Crippen LogP contribution in [0, 0.1) is 16.0 Å². The molecule has 1 radical (unpaired) electrons. The molecule has 16 heavy (non-hydrogen) atoms. The van der Waals surface area contributed by atoms with Crippen LogP contribution < -0.4 is 4.72 Å². The molecule has 0 unspecified atom stereocenters. The molecule has 89 valence electrons. The number of aromatic nitrogens is 2. The van der Waals surface area contributed by atoms with Crippen molar-refractivity contribution >= 4 is 15.8 Å². The van der Waals surface area contributed by atoms with E-state index in [0.717, 1.165) is 12.1 Å². The Hall–Kier alpha value is -1.48. The first-order valence-electron chi connectivity index (χ1n) is 4.31. The van der Waals surface area contributed by atoms with E-state index >= 15 is 0 Å². The minimum atomic E-state index is -3.89. The Morgan fingerprint density at radius 2 is 2.25 bits per heavy atom. The smallest absolute Gasteiger partial charge is 0.358 e. The van der Waals surface area contributed by atoms with E-state index in [1.807, 2.05) is 5.10 Å². The Bertz CT molecular complexity index is 478. The molecule has 0 aliphatic carbocycles. The standard InChI is InChI=1S/C7H11N4O4S/c1-5(2)3-9-16(14,15)6-4-8-10-7(6)11(12)13/h4,9H,3H2,1-2H3,(H,8,10). The molecule has 2 N–H and O–H groups in total. The van der Waals surface area contributed by atoms with Gasteiger partial charge in [0.15, 0.2) is 4.90 Å². The van der Waals surface area contributed by atoms with E-state index in [-0.39, 0.29) is 6.54 Å². The highest BCUT2D eigenvalue weighted by Crippen LogP contribution is 2.19. The first-order chi connectivity index (χ1) is 7.34. The zero-order valence-corrected chi connectivity index (χ0v) is 9.54. The number of aromatic amines is 1. The summed E-state index contributed by atoms with van der Waals surface area (Å²) in [6.45, 7) is 3.61. The molecule has 0 spiro atoms. The molecule has 0 amide bonds. The van der Waals surface area contributed by atoms with Crippen molar-refractivity contribution in [1.29, 1.82) is 0 Å². The Balaban J connectivity index is 2.99. The van der Waals surface area contributed by atoms with Gasteiger partial charge in [-0.1, -0.05) is 18.9 Å². The molecule has 0 saturated carbocycles. The van der Waals surface area contributed by atoms with Gasteiger partial charge in [-0.15, -0.1) is 5.10 Å². The van der Waals surface area contributed by atoms with Gasteiger partial charge < -0.3 is 10.1 Å². The van der Waals surface area contributed by atoms with Crippen LogP contribution >= 0.6 is 0 Å². The minimum absolute atomic E-state index is 0.130. The Labute approximate surface area is 92.3 Å². The van der Waals surface area contributed by atoms with Crippen molar-refractivity contribution in [3.05, 3.63) is 22.2 Å². The molecule has 8 nitrogen and oxygen atoms in total. The van der Waals surface area contributed by atoms with Crippen molar-refractivity contribution in [2.24, 2.45) is 0 Å². The number of nitrogens with one attached hydrogen (secondary N) is 2. The lowest BCUT2D eigenvalue weighted by Crippen LogP contribution is -2.27. The van der Waals surface area contributed by atoms with Crippen LogP contribution in [0.3, 0.4) is 0 Å². The van der Waals surface area contributed by atoms with Crippen LogP contribution in [0.2, 0.25) is 0 Å². The second kappa shape index (κ2) is 4.58. The van der Waals surface area contributed by atoms with Crippen LogP contribution in [0.25, 0.3) is 0 Å². The summed E-state index contributed by atoms with van der Waals surface area (Å²) in [6, 6.07) is 0. The molecular formula is C7H11N4O4S. The predicted molar refractivity (Wildman–Crippen MR) is 55.0 cm³/mol. The lowest BCUT2D eigenvalue weighted by molar-refractivity contribution is -0.392. The monoisotopic (exact) mass is 247 g/mol. The van der Waals surface area contributed by atoms with E-state index < -0.39 is 25.7 Å². The fourth-order valence-corrected chi connectivity index (χ4v) is 2.11. The van der Waals surface area contributed by atoms with Gasteiger partial charge in [-0.2, -0.15) is 0 Å². The highest BCUT2D eigenvalue weighted by Gasteiger charge is 2.27. The quantitative estimate of drug-likeness (QED) is 0.569. The molecular weight excluding hydrogens is 236 g/mol. The maximum atomic E-state index is 11.6. The third-order valence-corrected chi connectivity index (χ3v) is 3.08. The maximum absolute atomic E-state index is 11.6. The summed E-state index contributed by atoms with van der Waals surface area (Å²) in [7, 11) is -3.89. The highest BCUT2D eigenvalue weighted by molar-refractivity contribution is 7.89. The summed E-state index contributed by atoms with van der Waals surface area (Å²) < 4.78 is 25.5. The summed E-state index contributed by atoms with van der Waals surface area (Å²) in [6.07, 6.45) is 0.908. The summed E-state index contributed by atoms with van der Waals surface area (Å²) in [5.41, 5.74) is 0. The van der Waals surface area contributed by atoms with Crippen molar-refractivity contribution in [2.75, 3.05) is 6.54 Å². The predicted octanol–water partition coefficient (Wildman–Crippen LogP) is 0.210. The van der Waals surface area contributed by atoms with Crippen LogP contribution in [-0.2, 0) is 10.0 Å². The fourth-order valence-electron chi connectivity index (χ4n) is 0.913. The van der Waals surface area contributed by atoms with Gasteiger partial charge in [0, 0.05) is 6.54 Å². The van der Waals surface area contributed by atoms with E-state index in [1.54, 1.807) is 13.8 Å². The molecule has 0 bridgehead atoms. The third kappa shape index (κ3) is 2.76. The zero-order chi connectivity index (χ0) is 12.3. The Morgan fingerprint density at radius 3 is 2.75 bits per heavy atom. The van der Waals surface area contributed by atoms with Gasteiger partial charge in [-0.25, -0.2) is 13.1 Å². The van der Waals surface area contributed by atoms with E-state index in [0.29, 0.717) is 0 Å². The van der Waals surface area contributed by atoms with E-state index in [4.69, 9.17) is 0 Å². The number of rotatable bonds is 5. The highest BCUT2D eigenvalue weighted by atomic mass is 32.2. The molecule has 1 heterocycles. The van der Waals surface area contributed by atoms with Crippen LogP contribution in [0.4, 0.5) is 5.82 Å². The first kappa shape index (κ1) is 12.6. The fraction of sp³-hybridized carbons (Fsp3) is 0.429. The van der Waals surface area contributed by atoms with Crippen LogP contribution in [0.5, 0.6) is 0 Å². The third-order valence-electron chi connectivity index (χ3n) is 1.67. The van der Waals surface area contributed by atoms with Gasteiger partial charge >= 0.3 is 5.82 Å². The van der Waals surface area contributed by atoms with Gasteiger partial charge in [-0.3, -0.25) is 0 Å². The number of nitro groups is 1. The lowest BCUT2D eigenvalue weighted by atomic mass is 10.2.